The zero-order valence-electron chi connectivity index (χ0n) is 18.6. The van der Waals surface area contributed by atoms with E-state index in [1.807, 2.05) is 11.8 Å². The second-order valence-corrected chi connectivity index (χ2v) is 11.5. The van der Waals surface area contributed by atoms with Gasteiger partial charge in [-0.2, -0.15) is 0 Å². The summed E-state index contributed by atoms with van der Waals surface area (Å²) in [4.78, 5) is 15.9. The molecule has 3 rings (SSSR count). The Balaban J connectivity index is 1.52. The Morgan fingerprint density at radius 2 is 1.71 bits per heavy atom. The van der Waals surface area contributed by atoms with Crippen LogP contribution in [0.15, 0.2) is 10.6 Å². The van der Waals surface area contributed by atoms with Crippen molar-refractivity contribution < 1.29 is 15.0 Å². The van der Waals surface area contributed by atoms with Crippen LogP contribution in [-0.4, -0.2) is 32.2 Å². The summed E-state index contributed by atoms with van der Waals surface area (Å²) in [7, 11) is 0. The van der Waals surface area contributed by atoms with Gasteiger partial charge in [0.15, 0.2) is 3.95 Å². The molecule has 174 valence electrons. The summed E-state index contributed by atoms with van der Waals surface area (Å²) in [5.74, 6) is -0.957. The number of aromatic nitrogens is 1. The molecule has 0 bridgehead atoms. The van der Waals surface area contributed by atoms with Gasteiger partial charge in [0.2, 0.25) is 5.88 Å². The summed E-state index contributed by atoms with van der Waals surface area (Å²) in [6.45, 7) is 2.97. The predicted molar refractivity (Wildman–Crippen MR) is 132 cm³/mol. The number of carbonyl (C=O) groups is 1. The average molecular weight is 485 g/mol. The molecule has 1 unspecified atom stereocenters. The van der Waals surface area contributed by atoms with Gasteiger partial charge >= 0.3 is 5.97 Å². The van der Waals surface area contributed by atoms with Gasteiger partial charge < -0.3 is 15.1 Å². The lowest BCUT2D eigenvalue weighted by molar-refractivity contribution is -0.137. The molecule has 0 saturated heterocycles. The lowest BCUT2D eigenvalue weighted by Gasteiger charge is -2.28. The van der Waals surface area contributed by atoms with Crippen LogP contribution in [0.1, 0.15) is 101 Å². The Hall–Kier alpha value is -0.990. The summed E-state index contributed by atoms with van der Waals surface area (Å²) in [6, 6.07) is 0. The third kappa shape index (κ3) is 6.51. The van der Waals surface area contributed by atoms with Gasteiger partial charge in [-0.3, -0.25) is 9.36 Å². The van der Waals surface area contributed by atoms with Gasteiger partial charge in [-0.25, -0.2) is 0 Å². The predicted octanol–water partition coefficient (Wildman–Crippen LogP) is 7.43. The van der Waals surface area contributed by atoms with E-state index >= 15 is 0 Å². The van der Waals surface area contributed by atoms with Crippen molar-refractivity contribution >= 4 is 41.3 Å². The molecule has 0 spiro atoms. The fourth-order valence-corrected chi connectivity index (χ4v) is 7.58. The number of rotatable bonds is 14. The lowest BCUT2D eigenvalue weighted by Crippen LogP contribution is -2.23. The van der Waals surface area contributed by atoms with Gasteiger partial charge in [0.1, 0.15) is 16.8 Å². The van der Waals surface area contributed by atoms with Gasteiger partial charge in [-0.15, -0.1) is 11.3 Å². The van der Waals surface area contributed by atoms with Crippen molar-refractivity contribution in [3.8, 4) is 5.88 Å². The first kappa shape index (κ1) is 24.6. The molecule has 0 fully saturated rings. The quantitative estimate of drug-likeness (QED) is 0.211. The van der Waals surface area contributed by atoms with E-state index in [9.17, 15) is 9.90 Å². The number of nitrogens with zero attached hydrogens (tertiary/aromatic N) is 2. The number of thiazole rings is 1. The van der Waals surface area contributed by atoms with Crippen molar-refractivity contribution in [2.24, 2.45) is 0 Å². The molecule has 1 aromatic heterocycles. The van der Waals surface area contributed by atoms with Crippen LogP contribution >= 0.6 is 35.3 Å². The summed E-state index contributed by atoms with van der Waals surface area (Å²) in [6.07, 6.45) is 16.6. The van der Waals surface area contributed by atoms with Crippen molar-refractivity contribution in [3.05, 3.63) is 19.4 Å². The molecule has 0 radical (unpaired) electrons. The molecule has 1 aliphatic carbocycles. The van der Waals surface area contributed by atoms with E-state index in [0.717, 1.165) is 30.7 Å². The average Bonchev–Trinajstić information content (AvgIpc) is 3.39. The highest BCUT2D eigenvalue weighted by atomic mass is 32.2. The highest BCUT2D eigenvalue weighted by molar-refractivity contribution is 8.03. The van der Waals surface area contributed by atoms with Gasteiger partial charge in [-0.1, -0.05) is 76.5 Å². The number of hydrogen-bond donors (Lipinski definition) is 2. The first-order valence-corrected chi connectivity index (χ1v) is 13.9. The van der Waals surface area contributed by atoms with Crippen LogP contribution in [0.4, 0.5) is 0 Å². The Morgan fingerprint density at radius 3 is 2.35 bits per heavy atom. The van der Waals surface area contributed by atoms with Crippen LogP contribution in [0.25, 0.3) is 0 Å². The second-order valence-electron chi connectivity index (χ2n) is 8.60. The zero-order chi connectivity index (χ0) is 22.2. The van der Waals surface area contributed by atoms with Crippen molar-refractivity contribution in [2.45, 2.75) is 102 Å². The number of thioether (sulfide) groups is 1. The van der Waals surface area contributed by atoms with Crippen molar-refractivity contribution in [2.75, 3.05) is 6.54 Å². The van der Waals surface area contributed by atoms with Crippen LogP contribution in [-0.2, 0) is 11.3 Å². The molecule has 0 saturated carbocycles. The van der Waals surface area contributed by atoms with Crippen LogP contribution in [0, 0.1) is 3.95 Å². The molecule has 31 heavy (non-hydrogen) atoms. The molecule has 2 N–H and O–H groups in total. The Bertz CT molecular complexity index is 831. The minimum Gasteiger partial charge on any atom is -0.494 e. The number of carboxylic acid groups (broad SMARTS) is 1. The monoisotopic (exact) mass is 484 g/mol. The molecule has 1 atom stereocenters. The maximum Gasteiger partial charge on any atom is 0.323 e. The minimum atomic E-state index is -0.988. The molecular weight excluding hydrogens is 448 g/mol. The molecular formula is C23H36N2O3S3. The van der Waals surface area contributed by atoms with Crippen molar-refractivity contribution in [1.29, 1.82) is 0 Å². The maximum atomic E-state index is 11.1. The Labute approximate surface area is 199 Å². The summed E-state index contributed by atoms with van der Waals surface area (Å²) in [5, 5.41) is 19.9. The minimum absolute atomic E-state index is 0.0316. The number of unbranched alkanes of at least 4 members (excludes halogenated alkanes) is 9. The first-order chi connectivity index (χ1) is 15.0. The van der Waals surface area contributed by atoms with E-state index in [1.165, 1.54) is 90.7 Å². The summed E-state index contributed by atoms with van der Waals surface area (Å²) in [5.41, 5.74) is 1.44. The van der Waals surface area contributed by atoms with Gasteiger partial charge in [-0.05, 0) is 37.9 Å². The van der Waals surface area contributed by atoms with E-state index < -0.39 is 5.97 Å². The van der Waals surface area contributed by atoms with E-state index in [0.29, 0.717) is 3.95 Å². The van der Waals surface area contributed by atoms with Crippen LogP contribution in [0.3, 0.4) is 0 Å². The number of allylic oxidation sites excluding steroid dienone is 2. The Morgan fingerprint density at radius 1 is 1.06 bits per heavy atom. The number of carboxylic acids is 1. The molecule has 2 aliphatic rings. The molecule has 1 aromatic rings. The number of aliphatic carboxylic acids is 1. The lowest BCUT2D eigenvalue weighted by atomic mass is 10.1. The van der Waals surface area contributed by atoms with E-state index in [1.54, 1.807) is 0 Å². The van der Waals surface area contributed by atoms with Crippen LogP contribution in [0.2, 0.25) is 0 Å². The fourth-order valence-electron chi connectivity index (χ4n) is 4.54. The zero-order valence-corrected chi connectivity index (χ0v) is 21.1. The van der Waals surface area contributed by atoms with Crippen LogP contribution in [0.5, 0.6) is 5.88 Å². The summed E-state index contributed by atoms with van der Waals surface area (Å²) < 4.78 is 1.78. The van der Waals surface area contributed by atoms with Crippen molar-refractivity contribution in [3.63, 3.8) is 0 Å². The first-order valence-electron chi connectivity index (χ1n) is 11.8. The van der Waals surface area contributed by atoms with Crippen LogP contribution < -0.4 is 0 Å². The number of hydrogen-bond acceptors (Lipinski definition) is 6. The third-order valence-electron chi connectivity index (χ3n) is 6.19. The SMILES string of the molecule is CCCCCCCCCCCCN1C2=C(CCC2)SC1c1sc(=S)n(CC(=O)O)c1O. The molecule has 2 heterocycles. The molecule has 5 nitrogen and oxygen atoms in total. The van der Waals surface area contributed by atoms with E-state index in [4.69, 9.17) is 17.3 Å². The normalized spacial score (nSPS) is 18.2. The second kappa shape index (κ2) is 12.3. The molecule has 0 amide bonds. The largest absolute Gasteiger partial charge is 0.494 e. The van der Waals surface area contributed by atoms with Gasteiger partial charge in [0.25, 0.3) is 0 Å². The number of aromatic hydroxyl groups is 1. The Kier molecular flexibility index (Phi) is 9.78. The fraction of sp³-hybridized carbons (Fsp3) is 0.739. The van der Waals surface area contributed by atoms with E-state index in [-0.39, 0.29) is 17.8 Å². The molecule has 0 aromatic carbocycles. The van der Waals surface area contributed by atoms with Gasteiger partial charge in [0, 0.05) is 17.1 Å². The third-order valence-corrected chi connectivity index (χ3v) is 9.26. The van der Waals surface area contributed by atoms with E-state index in [2.05, 4.69) is 11.8 Å². The molecule has 8 heteroatoms. The highest BCUT2D eigenvalue weighted by Crippen LogP contribution is 2.56. The molecule has 1 aliphatic heterocycles. The topological polar surface area (TPSA) is 65.7 Å². The standard InChI is InChI=1S/C23H36N2O3S3/c1-2-3-4-5-6-7-8-9-10-11-15-24-17-13-12-14-18(17)30-22(24)20-21(28)25(16-19(26)27)23(29)31-20/h22,28H,2-16H2,1H3,(H,26,27). The smallest absolute Gasteiger partial charge is 0.323 e. The van der Waals surface area contributed by atoms with Gasteiger partial charge in [0.05, 0.1) is 0 Å². The summed E-state index contributed by atoms with van der Waals surface area (Å²) >= 11 is 8.53. The van der Waals surface area contributed by atoms with Crippen molar-refractivity contribution in [1.82, 2.24) is 9.47 Å². The highest BCUT2D eigenvalue weighted by Gasteiger charge is 2.38. The maximum absolute atomic E-state index is 11.1.